The number of primary amides is 1. The van der Waals surface area contributed by atoms with Crippen molar-refractivity contribution in [2.45, 2.75) is 13.0 Å². The second-order valence-corrected chi connectivity index (χ2v) is 3.27. The first-order chi connectivity index (χ1) is 8.36. The smallest absolute Gasteiger partial charge is 0.405 e. The molecule has 1 amide bonds. The zero-order valence-electron chi connectivity index (χ0n) is 10.0. The third-order valence-corrected chi connectivity index (χ3v) is 1.61. The summed E-state index contributed by atoms with van der Waals surface area (Å²) in [6.07, 6.45) is -1.10. The number of nitrogens with two attached hydrogens (primary N) is 1. The van der Waals surface area contributed by atoms with Gasteiger partial charge in [0.15, 0.2) is 6.10 Å². The van der Waals surface area contributed by atoms with Gasteiger partial charge in [-0.1, -0.05) is 13.2 Å². The lowest BCUT2D eigenvalue weighted by molar-refractivity contribution is -0.146. The molecule has 0 aromatic heterocycles. The predicted molar refractivity (Wildman–Crippen MR) is 61.4 cm³/mol. The molecule has 0 aromatic rings. The molecule has 7 heteroatoms. The molecule has 0 rings (SSSR count). The molecule has 0 saturated heterocycles. The molecule has 1 unspecified atom stereocenters. The van der Waals surface area contributed by atoms with E-state index < -0.39 is 24.1 Å². The van der Waals surface area contributed by atoms with Crippen molar-refractivity contribution in [3.8, 4) is 0 Å². The first kappa shape index (κ1) is 15.7. The third-order valence-electron chi connectivity index (χ3n) is 1.61. The summed E-state index contributed by atoms with van der Waals surface area (Å²) in [7, 11) is 0. The fourth-order valence-electron chi connectivity index (χ4n) is 0.806. The van der Waals surface area contributed by atoms with E-state index in [4.69, 9.17) is 10.5 Å². The molecule has 0 radical (unpaired) electrons. The van der Waals surface area contributed by atoms with Gasteiger partial charge in [-0.2, -0.15) is 0 Å². The van der Waals surface area contributed by atoms with Gasteiger partial charge in [-0.3, -0.25) is 0 Å². The van der Waals surface area contributed by atoms with E-state index in [1.807, 2.05) is 0 Å². The number of amides is 1. The monoisotopic (exact) mass is 257 g/mol. The van der Waals surface area contributed by atoms with E-state index >= 15 is 0 Å². The van der Waals surface area contributed by atoms with Crippen LogP contribution in [0.25, 0.3) is 0 Å². The molecule has 100 valence electrons. The summed E-state index contributed by atoms with van der Waals surface area (Å²) in [6.45, 7) is 7.44. The van der Waals surface area contributed by atoms with Crippen molar-refractivity contribution >= 4 is 18.0 Å². The minimum absolute atomic E-state index is 0.191. The number of carbonyl (C=O) groups is 3. The number of carbonyl (C=O) groups excluding carboxylic acids is 3. The van der Waals surface area contributed by atoms with Gasteiger partial charge in [0.05, 0.1) is 0 Å². The van der Waals surface area contributed by atoms with Gasteiger partial charge < -0.3 is 19.9 Å². The molecule has 1 atom stereocenters. The van der Waals surface area contributed by atoms with Crippen molar-refractivity contribution in [3.63, 3.8) is 0 Å². The molecular weight excluding hydrogens is 242 g/mol. The quantitative estimate of drug-likeness (QED) is 0.399. The summed E-state index contributed by atoms with van der Waals surface area (Å²) in [5.74, 6) is -1.34. The maximum atomic E-state index is 11.1. The van der Waals surface area contributed by atoms with Crippen LogP contribution in [-0.2, 0) is 23.8 Å². The van der Waals surface area contributed by atoms with Crippen LogP contribution < -0.4 is 5.73 Å². The number of rotatable bonds is 7. The Morgan fingerprint density at radius 2 is 1.83 bits per heavy atom. The third kappa shape index (κ3) is 7.04. The summed E-state index contributed by atoms with van der Waals surface area (Å²) >= 11 is 0. The highest BCUT2D eigenvalue weighted by Crippen LogP contribution is 1.99. The van der Waals surface area contributed by atoms with Gasteiger partial charge in [-0.05, 0) is 6.92 Å². The van der Waals surface area contributed by atoms with Crippen LogP contribution in [0, 0.1) is 0 Å². The van der Waals surface area contributed by atoms with Crippen molar-refractivity contribution in [2.75, 3.05) is 13.2 Å². The van der Waals surface area contributed by atoms with Crippen LogP contribution in [0.1, 0.15) is 6.92 Å². The van der Waals surface area contributed by atoms with Crippen LogP contribution in [0.5, 0.6) is 0 Å². The van der Waals surface area contributed by atoms with Gasteiger partial charge >= 0.3 is 18.0 Å². The zero-order chi connectivity index (χ0) is 14.1. The summed E-state index contributed by atoms with van der Waals surface area (Å²) in [5, 5.41) is 0. The fourth-order valence-corrected chi connectivity index (χ4v) is 0.806. The standard InChI is InChI=1S/C11H15NO6/c1-4-9(13)16-5-8(18-11(12)15)6-17-10(14)7(2)3/h4,8H,1-2,5-6H2,3H3,(H2,12,15). The molecule has 0 aliphatic rings. The van der Waals surface area contributed by atoms with Gasteiger partial charge in [0.2, 0.25) is 0 Å². The number of esters is 2. The average molecular weight is 257 g/mol. The molecular formula is C11H15NO6. The molecule has 2 N–H and O–H groups in total. The van der Waals surface area contributed by atoms with Crippen molar-refractivity contribution in [2.24, 2.45) is 5.73 Å². The van der Waals surface area contributed by atoms with Crippen molar-refractivity contribution in [1.82, 2.24) is 0 Å². The maximum Gasteiger partial charge on any atom is 0.405 e. The van der Waals surface area contributed by atoms with Crippen LogP contribution in [0.2, 0.25) is 0 Å². The first-order valence-corrected chi connectivity index (χ1v) is 4.94. The highest BCUT2D eigenvalue weighted by atomic mass is 16.6. The highest BCUT2D eigenvalue weighted by molar-refractivity contribution is 5.86. The fraction of sp³-hybridized carbons (Fsp3) is 0.364. The van der Waals surface area contributed by atoms with Crippen LogP contribution in [-0.4, -0.2) is 37.3 Å². The molecule has 0 aliphatic carbocycles. The first-order valence-electron chi connectivity index (χ1n) is 4.94. The van der Waals surface area contributed by atoms with E-state index in [0.717, 1.165) is 6.08 Å². The lowest BCUT2D eigenvalue weighted by atomic mass is 10.3. The minimum atomic E-state index is -1.07. The van der Waals surface area contributed by atoms with E-state index in [2.05, 4.69) is 22.6 Å². The van der Waals surface area contributed by atoms with E-state index in [9.17, 15) is 14.4 Å². The molecule has 0 aliphatic heterocycles. The normalized spacial score (nSPS) is 10.9. The SMILES string of the molecule is C=CC(=O)OCC(COC(=O)C(=C)C)OC(N)=O. The Balaban J connectivity index is 4.26. The second kappa shape index (κ2) is 7.88. The van der Waals surface area contributed by atoms with E-state index in [1.54, 1.807) is 0 Å². The molecule has 0 saturated carbocycles. The topological polar surface area (TPSA) is 105 Å². The Kier molecular flexibility index (Phi) is 6.87. The Morgan fingerprint density at radius 1 is 1.28 bits per heavy atom. The van der Waals surface area contributed by atoms with Crippen LogP contribution in [0.15, 0.2) is 24.8 Å². The Labute approximate surface area is 104 Å². The van der Waals surface area contributed by atoms with Crippen molar-refractivity contribution < 1.29 is 28.6 Å². The number of ether oxygens (including phenoxy) is 3. The minimum Gasteiger partial charge on any atom is -0.458 e. The molecule has 0 fully saturated rings. The van der Waals surface area contributed by atoms with E-state index in [0.29, 0.717) is 0 Å². The second-order valence-electron chi connectivity index (χ2n) is 3.27. The van der Waals surface area contributed by atoms with Crippen molar-refractivity contribution in [3.05, 3.63) is 24.8 Å². The molecule has 0 bridgehead atoms. The lowest BCUT2D eigenvalue weighted by Gasteiger charge is -2.16. The van der Waals surface area contributed by atoms with Crippen molar-refractivity contribution in [1.29, 1.82) is 0 Å². The maximum absolute atomic E-state index is 11.1. The Hall–Kier alpha value is -2.31. The molecule has 18 heavy (non-hydrogen) atoms. The summed E-state index contributed by atoms with van der Waals surface area (Å²) in [4.78, 5) is 32.5. The largest absolute Gasteiger partial charge is 0.458 e. The Morgan fingerprint density at radius 3 is 2.28 bits per heavy atom. The van der Waals surface area contributed by atoms with Gasteiger partial charge in [-0.25, -0.2) is 14.4 Å². The van der Waals surface area contributed by atoms with Gasteiger partial charge in [0.1, 0.15) is 13.2 Å². The number of hydrogen-bond donors (Lipinski definition) is 1. The lowest BCUT2D eigenvalue weighted by Crippen LogP contribution is -2.32. The van der Waals surface area contributed by atoms with Crippen LogP contribution >= 0.6 is 0 Å². The van der Waals surface area contributed by atoms with E-state index in [1.165, 1.54) is 6.92 Å². The molecule has 0 heterocycles. The van der Waals surface area contributed by atoms with E-state index in [-0.39, 0.29) is 18.8 Å². The summed E-state index contributed by atoms with van der Waals surface area (Å²) in [6, 6.07) is 0. The Bertz CT molecular complexity index is 363. The molecule has 7 nitrogen and oxygen atoms in total. The summed E-state index contributed by atoms with van der Waals surface area (Å²) in [5.41, 5.74) is 5.01. The summed E-state index contributed by atoms with van der Waals surface area (Å²) < 4.78 is 14.0. The zero-order valence-corrected chi connectivity index (χ0v) is 10.0. The highest BCUT2D eigenvalue weighted by Gasteiger charge is 2.17. The van der Waals surface area contributed by atoms with Gasteiger partial charge in [0.25, 0.3) is 0 Å². The average Bonchev–Trinajstić information content (AvgIpc) is 2.30. The van der Waals surface area contributed by atoms with Gasteiger partial charge in [-0.15, -0.1) is 0 Å². The van der Waals surface area contributed by atoms with Crippen LogP contribution in [0.3, 0.4) is 0 Å². The van der Waals surface area contributed by atoms with Gasteiger partial charge in [0, 0.05) is 11.6 Å². The number of hydrogen-bond acceptors (Lipinski definition) is 6. The predicted octanol–water partition coefficient (Wildman–Crippen LogP) is 0.299. The molecule has 0 aromatic carbocycles. The van der Waals surface area contributed by atoms with Crippen LogP contribution in [0.4, 0.5) is 4.79 Å². The molecule has 0 spiro atoms.